The minimum absolute atomic E-state index is 0.500. The molecular weight excluding hydrogens is 633 g/mol. The number of furan rings is 1. The Bertz CT molecular complexity index is 2800. The topological polar surface area (TPSA) is 38.9 Å². The van der Waals surface area contributed by atoms with Gasteiger partial charge >= 0.3 is 0 Å². The zero-order valence-corrected chi connectivity index (χ0v) is 28.1. The summed E-state index contributed by atoms with van der Waals surface area (Å²) < 4.78 is 6.70. The third-order valence-corrected chi connectivity index (χ3v) is 10.9. The number of nitrogens with zero attached hydrogens (tertiary/aromatic N) is 2. The summed E-state index contributed by atoms with van der Waals surface area (Å²) in [4.78, 5) is 10.1. The van der Waals surface area contributed by atoms with Gasteiger partial charge < -0.3 is 4.42 Å². The summed E-state index contributed by atoms with van der Waals surface area (Å²) in [6.45, 7) is 0. The molecule has 0 bridgehead atoms. The van der Waals surface area contributed by atoms with Gasteiger partial charge in [-0.05, 0) is 63.2 Å². The molecule has 52 heavy (non-hydrogen) atoms. The van der Waals surface area contributed by atoms with E-state index in [0.717, 1.165) is 61.5 Å². The van der Waals surface area contributed by atoms with Crippen molar-refractivity contribution in [3.05, 3.63) is 204 Å². The maximum absolute atomic E-state index is 6.70. The molecular formula is C49H30N2O. The normalized spacial score (nSPS) is 15.0. The Kier molecular flexibility index (Phi) is 6.17. The van der Waals surface area contributed by atoms with Crippen molar-refractivity contribution in [2.45, 2.75) is 5.41 Å². The molecule has 3 heteroatoms. The van der Waals surface area contributed by atoms with Crippen molar-refractivity contribution >= 4 is 11.0 Å². The monoisotopic (exact) mass is 662 g/mol. The Morgan fingerprint density at radius 1 is 0.385 bits per heavy atom. The molecule has 2 aromatic heterocycles. The van der Waals surface area contributed by atoms with Gasteiger partial charge in [-0.2, -0.15) is 0 Å². The Labute approximate surface area is 301 Å². The highest BCUT2D eigenvalue weighted by molar-refractivity contribution is 6.02. The average molecular weight is 663 g/mol. The van der Waals surface area contributed by atoms with Crippen LogP contribution in [0.4, 0.5) is 0 Å². The van der Waals surface area contributed by atoms with Crippen LogP contribution in [-0.4, -0.2) is 9.97 Å². The molecule has 1 atom stereocenters. The highest BCUT2D eigenvalue weighted by Crippen LogP contribution is 2.65. The zero-order valence-electron chi connectivity index (χ0n) is 28.1. The lowest BCUT2D eigenvalue weighted by Crippen LogP contribution is -2.25. The Balaban J connectivity index is 1.11. The lowest BCUT2D eigenvalue weighted by Gasteiger charge is -2.30. The summed E-state index contributed by atoms with van der Waals surface area (Å²) in [6.07, 6.45) is 0. The van der Waals surface area contributed by atoms with Crippen LogP contribution in [0.1, 0.15) is 22.3 Å². The maximum Gasteiger partial charge on any atom is 0.160 e. The smallest absolute Gasteiger partial charge is 0.160 e. The molecule has 0 radical (unpaired) electrons. The van der Waals surface area contributed by atoms with Crippen LogP contribution >= 0.6 is 0 Å². The summed E-state index contributed by atoms with van der Waals surface area (Å²) in [5.74, 6) is 1.68. The highest BCUT2D eigenvalue weighted by atomic mass is 16.3. The first-order valence-corrected chi connectivity index (χ1v) is 17.7. The third-order valence-electron chi connectivity index (χ3n) is 10.9. The molecule has 2 aliphatic carbocycles. The molecule has 242 valence electrons. The van der Waals surface area contributed by atoms with Crippen molar-refractivity contribution in [2.75, 3.05) is 0 Å². The maximum atomic E-state index is 6.70. The standard InChI is InChI=1S/C49H30N2O/c1-3-14-31(15-4-1)43-30-44(51-48(50-43)32-16-5-2-6-17-32)35-19-13-18-33(28-35)34-26-27-37-36-20-7-10-23-40(36)49(42(37)29-34)41-24-11-8-21-38(41)47-46(49)39-22-9-12-25-45(39)52-47/h1-30H. The van der Waals surface area contributed by atoms with E-state index in [2.05, 4.69) is 158 Å². The molecule has 0 saturated carbocycles. The quantitative estimate of drug-likeness (QED) is 0.188. The van der Waals surface area contributed by atoms with E-state index in [1.165, 1.54) is 33.4 Å². The van der Waals surface area contributed by atoms with Crippen LogP contribution in [0.15, 0.2) is 186 Å². The van der Waals surface area contributed by atoms with Crippen molar-refractivity contribution in [1.29, 1.82) is 0 Å². The molecule has 1 unspecified atom stereocenters. The number of fused-ring (bicyclic) bond motifs is 12. The SMILES string of the molecule is c1ccc(-c2cc(-c3cccc(-c4ccc5c(c4)C4(c6ccccc6-5)c5ccccc5-c5oc6ccccc6c54)c3)nc(-c3ccccc3)n2)cc1. The van der Waals surface area contributed by atoms with Gasteiger partial charge in [-0.15, -0.1) is 0 Å². The van der Waals surface area contributed by atoms with Crippen LogP contribution in [-0.2, 0) is 5.41 Å². The van der Waals surface area contributed by atoms with Gasteiger partial charge in [0.05, 0.1) is 16.8 Å². The number of rotatable bonds is 4. The van der Waals surface area contributed by atoms with E-state index < -0.39 is 5.41 Å². The number of hydrogen-bond donors (Lipinski definition) is 0. The van der Waals surface area contributed by atoms with Gasteiger partial charge in [0.2, 0.25) is 0 Å². The summed E-state index contributed by atoms with van der Waals surface area (Å²) in [5, 5.41) is 1.16. The fourth-order valence-corrected chi connectivity index (χ4v) is 8.70. The van der Waals surface area contributed by atoms with Gasteiger partial charge in [0, 0.05) is 33.2 Å². The van der Waals surface area contributed by atoms with E-state index in [9.17, 15) is 0 Å². The van der Waals surface area contributed by atoms with E-state index in [4.69, 9.17) is 14.4 Å². The lowest BCUT2D eigenvalue weighted by atomic mass is 9.70. The molecule has 0 saturated heterocycles. The molecule has 1 spiro atoms. The van der Waals surface area contributed by atoms with Gasteiger partial charge in [-0.1, -0.05) is 158 Å². The fraction of sp³-hybridized carbons (Fsp3) is 0.0204. The summed E-state index contributed by atoms with van der Waals surface area (Å²) in [7, 11) is 0. The van der Waals surface area contributed by atoms with E-state index >= 15 is 0 Å². The molecule has 3 nitrogen and oxygen atoms in total. The molecule has 0 N–H and O–H groups in total. The minimum atomic E-state index is -0.500. The van der Waals surface area contributed by atoms with E-state index in [1.54, 1.807) is 0 Å². The summed E-state index contributed by atoms with van der Waals surface area (Å²) in [6, 6.07) is 64.7. The average Bonchev–Trinajstić information content (AvgIpc) is 3.85. The number of aromatic nitrogens is 2. The van der Waals surface area contributed by atoms with Crippen LogP contribution in [0.3, 0.4) is 0 Å². The summed E-state index contributed by atoms with van der Waals surface area (Å²) >= 11 is 0. The van der Waals surface area contributed by atoms with Gasteiger partial charge in [-0.25, -0.2) is 9.97 Å². The second-order valence-corrected chi connectivity index (χ2v) is 13.7. The molecule has 0 fully saturated rings. The van der Waals surface area contributed by atoms with Gasteiger partial charge in [-0.3, -0.25) is 0 Å². The van der Waals surface area contributed by atoms with Crippen LogP contribution in [0.5, 0.6) is 0 Å². The van der Waals surface area contributed by atoms with Crippen LogP contribution < -0.4 is 0 Å². The lowest BCUT2D eigenvalue weighted by molar-refractivity contribution is 0.628. The molecule has 0 aliphatic heterocycles. The van der Waals surface area contributed by atoms with Crippen LogP contribution in [0, 0.1) is 0 Å². The molecule has 0 amide bonds. The molecule has 11 rings (SSSR count). The fourth-order valence-electron chi connectivity index (χ4n) is 8.70. The predicted octanol–water partition coefficient (Wildman–Crippen LogP) is 12.2. The van der Waals surface area contributed by atoms with Crippen molar-refractivity contribution < 1.29 is 4.42 Å². The van der Waals surface area contributed by atoms with Crippen molar-refractivity contribution in [3.8, 4) is 67.5 Å². The van der Waals surface area contributed by atoms with Gasteiger partial charge in [0.25, 0.3) is 0 Å². The number of para-hydroxylation sites is 1. The Morgan fingerprint density at radius 3 is 1.77 bits per heavy atom. The Hall–Kier alpha value is -6.84. The molecule has 7 aromatic carbocycles. The minimum Gasteiger partial charge on any atom is -0.456 e. The van der Waals surface area contributed by atoms with Crippen molar-refractivity contribution in [1.82, 2.24) is 9.97 Å². The van der Waals surface area contributed by atoms with Crippen molar-refractivity contribution in [2.24, 2.45) is 0 Å². The van der Waals surface area contributed by atoms with Gasteiger partial charge in [0.15, 0.2) is 5.82 Å². The first kappa shape index (κ1) is 28.9. The zero-order chi connectivity index (χ0) is 34.2. The second-order valence-electron chi connectivity index (χ2n) is 13.7. The van der Waals surface area contributed by atoms with Crippen LogP contribution in [0.25, 0.3) is 78.4 Å². The van der Waals surface area contributed by atoms with Crippen molar-refractivity contribution in [3.63, 3.8) is 0 Å². The van der Waals surface area contributed by atoms with Crippen LogP contribution in [0.2, 0.25) is 0 Å². The largest absolute Gasteiger partial charge is 0.456 e. The summed E-state index contributed by atoms with van der Waals surface area (Å²) in [5.41, 5.74) is 16.4. The van der Waals surface area contributed by atoms with E-state index in [-0.39, 0.29) is 0 Å². The van der Waals surface area contributed by atoms with E-state index in [1.807, 2.05) is 24.3 Å². The highest BCUT2D eigenvalue weighted by Gasteiger charge is 2.54. The second kappa shape index (κ2) is 11.1. The Morgan fingerprint density at radius 2 is 0.962 bits per heavy atom. The van der Waals surface area contributed by atoms with Gasteiger partial charge in [0.1, 0.15) is 11.3 Å². The predicted molar refractivity (Wildman–Crippen MR) is 210 cm³/mol. The number of hydrogen-bond acceptors (Lipinski definition) is 3. The molecule has 2 heterocycles. The first-order valence-electron chi connectivity index (χ1n) is 17.7. The third kappa shape index (κ3) is 4.08. The first-order chi connectivity index (χ1) is 25.8. The molecule has 2 aliphatic rings. The molecule has 9 aromatic rings. The van der Waals surface area contributed by atoms with E-state index in [0.29, 0.717) is 5.82 Å². The number of benzene rings is 7.